The van der Waals surface area contributed by atoms with Gasteiger partial charge in [0.2, 0.25) is 0 Å². The smallest absolute Gasteiger partial charge is 0.148 e. The van der Waals surface area contributed by atoms with Crippen LogP contribution in [0.5, 0.6) is 0 Å². The highest BCUT2D eigenvalue weighted by Gasteiger charge is 2.26. The molecule has 0 rings (SSSR count). The van der Waals surface area contributed by atoms with Crippen molar-refractivity contribution >= 4 is 11.6 Å². The Hall–Kier alpha value is -2.10. The lowest BCUT2D eigenvalue weighted by molar-refractivity contribution is -0.136. The molecule has 0 fully saturated rings. The Balaban J connectivity index is 4.25. The van der Waals surface area contributed by atoms with Crippen molar-refractivity contribution in [1.29, 1.82) is 0 Å². The van der Waals surface area contributed by atoms with E-state index in [4.69, 9.17) is 5.11 Å². The second-order valence-electron chi connectivity index (χ2n) is 4.74. The van der Waals surface area contributed by atoms with E-state index in [0.717, 1.165) is 0 Å². The van der Waals surface area contributed by atoms with Gasteiger partial charge in [0.05, 0.1) is 12.5 Å². The molecule has 3 nitrogen and oxygen atoms in total. The lowest BCUT2D eigenvalue weighted by Crippen LogP contribution is -2.30. The van der Waals surface area contributed by atoms with Crippen LogP contribution < -0.4 is 0 Å². The number of ketones is 2. The highest BCUT2D eigenvalue weighted by molar-refractivity contribution is 6.03. The largest absolute Gasteiger partial charge is 0.395 e. The van der Waals surface area contributed by atoms with E-state index in [0.29, 0.717) is 6.42 Å². The molecular formula is C18H22O3. The second kappa shape index (κ2) is 11.7. The maximum atomic E-state index is 11.8. The van der Waals surface area contributed by atoms with E-state index in [2.05, 4.69) is 23.7 Å². The zero-order valence-corrected chi connectivity index (χ0v) is 12.8. The van der Waals surface area contributed by atoms with Crippen LogP contribution in [0, 0.1) is 35.5 Å². The fraction of sp³-hybridized carbons (Fsp3) is 0.444. The summed E-state index contributed by atoms with van der Waals surface area (Å²) in [5.41, 5.74) is 0. The van der Waals surface area contributed by atoms with Crippen LogP contribution >= 0.6 is 0 Å². The molecule has 3 heteroatoms. The number of Topliss-reactive ketones (excluding diaryl/α,β-unsaturated/α-hetero) is 2. The van der Waals surface area contributed by atoms with Gasteiger partial charge in [-0.15, -0.1) is 0 Å². The molecule has 1 N–H and O–H groups in total. The van der Waals surface area contributed by atoms with Crippen LogP contribution in [0.1, 0.15) is 33.6 Å². The molecule has 112 valence electrons. The monoisotopic (exact) mass is 286 g/mol. The van der Waals surface area contributed by atoms with Crippen LogP contribution in [0.2, 0.25) is 0 Å². The number of aliphatic hydroxyl groups excluding tert-OH is 1. The first kappa shape index (κ1) is 18.9. The minimum Gasteiger partial charge on any atom is -0.395 e. The van der Waals surface area contributed by atoms with Crippen LogP contribution in [-0.4, -0.2) is 23.3 Å². The molecule has 0 heterocycles. The van der Waals surface area contributed by atoms with Crippen LogP contribution in [-0.2, 0) is 9.59 Å². The number of hydrogen-bond acceptors (Lipinski definition) is 3. The van der Waals surface area contributed by atoms with Gasteiger partial charge < -0.3 is 5.11 Å². The molecule has 1 atom stereocenters. The Kier molecular flexibility index (Phi) is 10.5. The van der Waals surface area contributed by atoms with Gasteiger partial charge in [0.1, 0.15) is 11.6 Å². The molecule has 0 amide bonds. The molecule has 0 unspecified atom stereocenters. The normalized spacial score (nSPS) is 11.9. The molecule has 0 aliphatic heterocycles. The number of allylic oxidation sites excluding steroid dienone is 4. The van der Waals surface area contributed by atoms with E-state index >= 15 is 0 Å². The molecule has 21 heavy (non-hydrogen) atoms. The van der Waals surface area contributed by atoms with Gasteiger partial charge in [0.15, 0.2) is 0 Å². The van der Waals surface area contributed by atoms with Crippen LogP contribution in [0.3, 0.4) is 0 Å². The summed E-state index contributed by atoms with van der Waals surface area (Å²) in [6.45, 7) is 4.91. The van der Waals surface area contributed by atoms with E-state index in [1.54, 1.807) is 32.1 Å². The van der Waals surface area contributed by atoms with Crippen molar-refractivity contribution in [2.75, 3.05) is 6.61 Å². The van der Waals surface area contributed by atoms with Gasteiger partial charge in [0, 0.05) is 12.3 Å². The van der Waals surface area contributed by atoms with E-state index in [-0.39, 0.29) is 23.9 Å². The lowest BCUT2D eigenvalue weighted by atomic mass is 9.90. The number of rotatable bonds is 7. The van der Waals surface area contributed by atoms with Crippen molar-refractivity contribution in [2.24, 2.45) is 11.8 Å². The Morgan fingerprint density at radius 2 is 1.76 bits per heavy atom. The minimum absolute atomic E-state index is 0.203. The summed E-state index contributed by atoms with van der Waals surface area (Å²) >= 11 is 0. The van der Waals surface area contributed by atoms with Crippen molar-refractivity contribution in [3.8, 4) is 23.7 Å². The molecule has 0 aliphatic carbocycles. The Morgan fingerprint density at radius 1 is 1.14 bits per heavy atom. The average Bonchev–Trinajstić information content (AvgIpc) is 2.46. The molecule has 0 aromatic rings. The summed E-state index contributed by atoms with van der Waals surface area (Å²) in [5, 5.41) is 9.16. The SMILES string of the molecule is C/C=C/C#CC#C/C=C/CCC(=O)[C@@H](CO)C(=O)C(C)C. The average molecular weight is 286 g/mol. The minimum atomic E-state index is -0.892. The maximum absolute atomic E-state index is 11.8. The predicted octanol–water partition coefficient (Wildman–Crippen LogP) is 2.31. The van der Waals surface area contributed by atoms with E-state index in [1.165, 1.54) is 0 Å². The first-order chi connectivity index (χ1) is 10.0. The number of hydrogen-bond donors (Lipinski definition) is 1. The highest BCUT2D eigenvalue weighted by Crippen LogP contribution is 2.11. The summed E-state index contributed by atoms with van der Waals surface area (Å²) in [6.07, 6.45) is 7.65. The zero-order valence-electron chi connectivity index (χ0n) is 12.8. The van der Waals surface area contributed by atoms with Gasteiger partial charge in [-0.25, -0.2) is 0 Å². The van der Waals surface area contributed by atoms with Crippen LogP contribution in [0.25, 0.3) is 0 Å². The summed E-state index contributed by atoms with van der Waals surface area (Å²) in [5.74, 6) is 9.20. The van der Waals surface area contributed by atoms with E-state index < -0.39 is 12.5 Å². The van der Waals surface area contributed by atoms with Gasteiger partial charge in [-0.05, 0) is 37.3 Å². The van der Waals surface area contributed by atoms with Crippen LogP contribution in [0.15, 0.2) is 24.3 Å². The molecule has 0 aliphatic rings. The first-order valence-corrected chi connectivity index (χ1v) is 6.99. The second-order valence-corrected chi connectivity index (χ2v) is 4.74. The Labute approximate surface area is 127 Å². The number of aliphatic hydroxyl groups is 1. The molecule has 0 saturated heterocycles. The van der Waals surface area contributed by atoms with Crippen molar-refractivity contribution in [3.63, 3.8) is 0 Å². The summed E-state index contributed by atoms with van der Waals surface area (Å²) < 4.78 is 0. The third kappa shape index (κ3) is 8.63. The topological polar surface area (TPSA) is 54.4 Å². The Morgan fingerprint density at radius 3 is 2.29 bits per heavy atom. The molecule has 0 aromatic carbocycles. The van der Waals surface area contributed by atoms with Gasteiger partial charge in [-0.1, -0.05) is 37.8 Å². The summed E-state index contributed by atoms with van der Waals surface area (Å²) in [4.78, 5) is 23.6. The molecule has 0 radical (unpaired) electrons. The molecule has 0 aromatic heterocycles. The first-order valence-electron chi connectivity index (χ1n) is 6.99. The predicted molar refractivity (Wildman–Crippen MR) is 84.2 cm³/mol. The van der Waals surface area contributed by atoms with Crippen molar-refractivity contribution in [2.45, 2.75) is 33.6 Å². The fourth-order valence-corrected chi connectivity index (χ4v) is 1.53. The molecule has 0 spiro atoms. The van der Waals surface area contributed by atoms with Gasteiger partial charge in [-0.3, -0.25) is 9.59 Å². The molecule has 0 bridgehead atoms. The van der Waals surface area contributed by atoms with Crippen molar-refractivity contribution < 1.29 is 14.7 Å². The highest BCUT2D eigenvalue weighted by atomic mass is 16.3. The summed E-state index contributed by atoms with van der Waals surface area (Å²) in [7, 11) is 0. The summed E-state index contributed by atoms with van der Waals surface area (Å²) in [6, 6.07) is 0. The fourth-order valence-electron chi connectivity index (χ4n) is 1.53. The van der Waals surface area contributed by atoms with E-state index in [1.807, 2.05) is 13.0 Å². The zero-order chi connectivity index (χ0) is 16.1. The number of carbonyl (C=O) groups is 2. The third-order valence-electron chi connectivity index (χ3n) is 2.70. The lowest BCUT2D eigenvalue weighted by Gasteiger charge is -2.13. The molecule has 0 saturated carbocycles. The Bertz CT molecular complexity index is 516. The van der Waals surface area contributed by atoms with Crippen molar-refractivity contribution in [1.82, 2.24) is 0 Å². The van der Waals surface area contributed by atoms with Gasteiger partial charge in [-0.2, -0.15) is 0 Å². The third-order valence-corrected chi connectivity index (χ3v) is 2.70. The maximum Gasteiger partial charge on any atom is 0.148 e. The molecular weight excluding hydrogens is 264 g/mol. The van der Waals surface area contributed by atoms with Gasteiger partial charge >= 0.3 is 0 Å². The quantitative estimate of drug-likeness (QED) is 0.577. The van der Waals surface area contributed by atoms with Crippen molar-refractivity contribution in [3.05, 3.63) is 24.3 Å². The van der Waals surface area contributed by atoms with Crippen LogP contribution in [0.4, 0.5) is 0 Å². The van der Waals surface area contributed by atoms with E-state index in [9.17, 15) is 9.59 Å². The van der Waals surface area contributed by atoms with Gasteiger partial charge in [0.25, 0.3) is 0 Å². The number of carbonyl (C=O) groups excluding carboxylic acids is 2. The standard InChI is InChI=1S/C18H22O3/c1-4-5-6-7-8-9-10-11-12-13-17(20)16(14-19)18(21)15(2)3/h4-5,10-11,15-16,19H,12-14H2,1-3H3/b5-4+,11-10+/t16-/m1/s1.